The molecule has 102 valence electrons. The summed E-state index contributed by atoms with van der Waals surface area (Å²) in [7, 11) is 0. The summed E-state index contributed by atoms with van der Waals surface area (Å²) in [5.41, 5.74) is 2.81. The maximum Gasteiger partial charge on any atom is 0.0430 e. The van der Waals surface area contributed by atoms with E-state index in [4.69, 9.17) is 0 Å². The summed E-state index contributed by atoms with van der Waals surface area (Å²) < 4.78 is 1.30. The van der Waals surface area contributed by atoms with E-state index in [2.05, 4.69) is 88.9 Å². The highest BCUT2D eigenvalue weighted by Gasteiger charge is 2.32. The van der Waals surface area contributed by atoms with E-state index in [1.807, 2.05) is 11.8 Å². The molecule has 2 aromatic carbocycles. The topological polar surface area (TPSA) is 0 Å². The van der Waals surface area contributed by atoms with E-state index in [0.29, 0.717) is 5.92 Å². The maximum absolute atomic E-state index is 3.51. The van der Waals surface area contributed by atoms with Gasteiger partial charge < -0.3 is 0 Å². The van der Waals surface area contributed by atoms with Crippen LogP contribution in [0.3, 0.4) is 0 Å². The first-order valence-electron chi connectivity index (χ1n) is 6.83. The Morgan fingerprint density at radius 1 is 1.05 bits per heavy atom. The molecule has 0 radical (unpaired) electrons. The molecule has 0 saturated heterocycles. The highest BCUT2D eigenvalue weighted by molar-refractivity contribution is 9.10. The zero-order valence-electron chi connectivity index (χ0n) is 11.4. The van der Waals surface area contributed by atoms with Crippen molar-refractivity contribution in [3.05, 3.63) is 81.7 Å². The van der Waals surface area contributed by atoms with Crippen molar-refractivity contribution in [1.82, 2.24) is 0 Å². The van der Waals surface area contributed by atoms with Gasteiger partial charge in [-0.2, -0.15) is 0 Å². The summed E-state index contributed by atoms with van der Waals surface area (Å²) in [5, 5.41) is 2.27. The number of halogens is 1. The van der Waals surface area contributed by atoms with Gasteiger partial charge in [-0.3, -0.25) is 0 Å². The van der Waals surface area contributed by atoms with Gasteiger partial charge in [-0.1, -0.05) is 64.5 Å². The Hall–Kier alpha value is -0.990. The molecular weight excluding hydrogens is 328 g/mol. The van der Waals surface area contributed by atoms with Crippen molar-refractivity contribution in [1.29, 1.82) is 0 Å². The Morgan fingerprint density at radius 2 is 1.75 bits per heavy atom. The monoisotopic (exact) mass is 344 g/mol. The van der Waals surface area contributed by atoms with Gasteiger partial charge in [0, 0.05) is 15.1 Å². The second kappa shape index (κ2) is 5.79. The van der Waals surface area contributed by atoms with Crippen molar-refractivity contribution in [3.63, 3.8) is 0 Å². The van der Waals surface area contributed by atoms with Crippen molar-refractivity contribution in [2.75, 3.05) is 0 Å². The molecule has 2 aromatic rings. The molecule has 0 saturated carbocycles. The fourth-order valence-corrected chi connectivity index (χ4v) is 4.12. The van der Waals surface area contributed by atoms with Crippen molar-refractivity contribution in [2.24, 2.45) is 0 Å². The predicted molar refractivity (Wildman–Crippen MR) is 92.0 cm³/mol. The molecule has 2 atom stereocenters. The lowest BCUT2D eigenvalue weighted by atomic mass is 9.85. The van der Waals surface area contributed by atoms with Crippen LogP contribution in [0.2, 0.25) is 0 Å². The van der Waals surface area contributed by atoms with E-state index in [1.165, 1.54) is 11.1 Å². The van der Waals surface area contributed by atoms with Gasteiger partial charge in [0.25, 0.3) is 0 Å². The molecule has 0 spiro atoms. The minimum absolute atomic E-state index is 0.160. The second-order valence-corrected chi connectivity index (χ2v) is 7.73. The van der Waals surface area contributed by atoms with Gasteiger partial charge in [-0.25, -0.2) is 0 Å². The zero-order valence-corrected chi connectivity index (χ0v) is 13.8. The minimum Gasteiger partial charge on any atom is -0.123 e. The van der Waals surface area contributed by atoms with E-state index in [0.717, 1.165) is 10.9 Å². The lowest BCUT2D eigenvalue weighted by Gasteiger charge is -2.35. The third-order valence-corrected chi connectivity index (χ3v) is 5.68. The molecule has 0 aliphatic carbocycles. The number of allylic oxidation sites excluding steroid dienone is 1. The first-order valence-corrected chi connectivity index (χ1v) is 8.50. The normalized spacial score (nSPS) is 25.6. The first-order chi connectivity index (χ1) is 9.67. The van der Waals surface area contributed by atoms with Crippen LogP contribution in [0.1, 0.15) is 30.4 Å². The Bertz CT molecular complexity index is 603. The van der Waals surface area contributed by atoms with Crippen LogP contribution < -0.4 is 0 Å². The number of benzene rings is 2. The summed E-state index contributed by atoms with van der Waals surface area (Å²) >= 11 is 5.44. The molecule has 2 heteroatoms. The lowest BCUT2D eigenvalue weighted by Crippen LogP contribution is -2.22. The summed E-state index contributed by atoms with van der Waals surface area (Å²) in [6.07, 6.45) is 3.47. The average molecular weight is 345 g/mol. The molecule has 1 heterocycles. The Labute approximate surface area is 133 Å². The number of rotatable bonds is 2. The van der Waals surface area contributed by atoms with Gasteiger partial charge in [-0.05, 0) is 42.0 Å². The van der Waals surface area contributed by atoms with Gasteiger partial charge >= 0.3 is 0 Å². The van der Waals surface area contributed by atoms with Crippen LogP contribution in [0.4, 0.5) is 0 Å². The summed E-state index contributed by atoms with van der Waals surface area (Å²) in [6.45, 7) is 2.35. The fraction of sp³-hybridized carbons (Fsp3) is 0.222. The summed E-state index contributed by atoms with van der Waals surface area (Å²) in [4.78, 5) is 0. The Morgan fingerprint density at radius 3 is 2.45 bits per heavy atom. The molecule has 0 N–H and O–H groups in total. The molecule has 0 aromatic heterocycles. The highest BCUT2D eigenvalue weighted by atomic mass is 79.9. The van der Waals surface area contributed by atoms with Gasteiger partial charge in [0.15, 0.2) is 0 Å². The molecule has 0 unspecified atom stereocenters. The molecule has 1 aliphatic rings. The van der Waals surface area contributed by atoms with Crippen LogP contribution in [0.15, 0.2) is 70.6 Å². The van der Waals surface area contributed by atoms with Crippen molar-refractivity contribution in [2.45, 2.75) is 24.0 Å². The number of hydrogen-bond acceptors (Lipinski definition) is 1. The first kappa shape index (κ1) is 14.0. The molecular formula is C18H17BrS. The van der Waals surface area contributed by atoms with Crippen molar-refractivity contribution >= 4 is 27.7 Å². The van der Waals surface area contributed by atoms with Gasteiger partial charge in [-0.15, -0.1) is 11.8 Å². The standard InChI is InChI=1S/C18H17BrS/c1-18(16-5-3-2-4-6-16)13-15(11-12-20-18)14-7-9-17(19)10-8-14/h2-12,15H,13H2,1H3/t15-,18+/m1/s1. The van der Waals surface area contributed by atoms with Crippen LogP contribution in [0.5, 0.6) is 0 Å². The number of hydrogen-bond donors (Lipinski definition) is 0. The zero-order chi connectivity index (χ0) is 14.0. The van der Waals surface area contributed by atoms with Gasteiger partial charge in [0.05, 0.1) is 0 Å². The van der Waals surface area contributed by atoms with E-state index in [-0.39, 0.29) is 4.75 Å². The Kier molecular flexibility index (Phi) is 4.04. The Balaban J connectivity index is 1.88. The largest absolute Gasteiger partial charge is 0.123 e. The van der Waals surface area contributed by atoms with Crippen LogP contribution in [-0.4, -0.2) is 0 Å². The molecule has 0 fully saturated rings. The second-order valence-electron chi connectivity index (χ2n) is 5.41. The molecule has 20 heavy (non-hydrogen) atoms. The average Bonchev–Trinajstić information content (AvgIpc) is 2.49. The SMILES string of the molecule is C[C@@]1(c2ccccc2)C[C@H](c2ccc(Br)cc2)C=CS1. The van der Waals surface area contributed by atoms with Crippen LogP contribution in [0, 0.1) is 0 Å². The molecule has 0 amide bonds. The van der Waals surface area contributed by atoms with Crippen molar-refractivity contribution in [3.8, 4) is 0 Å². The molecule has 0 bridgehead atoms. The third kappa shape index (κ3) is 2.87. The van der Waals surface area contributed by atoms with Crippen LogP contribution in [0.25, 0.3) is 0 Å². The van der Waals surface area contributed by atoms with Gasteiger partial charge in [0.1, 0.15) is 0 Å². The molecule has 1 aliphatic heterocycles. The van der Waals surface area contributed by atoms with E-state index in [1.54, 1.807) is 0 Å². The third-order valence-electron chi connectivity index (χ3n) is 3.93. The van der Waals surface area contributed by atoms with Gasteiger partial charge in [0.2, 0.25) is 0 Å². The fourth-order valence-electron chi connectivity index (χ4n) is 2.74. The summed E-state index contributed by atoms with van der Waals surface area (Å²) in [6, 6.07) is 19.5. The van der Waals surface area contributed by atoms with E-state index < -0.39 is 0 Å². The predicted octanol–water partition coefficient (Wildman–Crippen LogP) is 6.10. The minimum atomic E-state index is 0.160. The lowest BCUT2D eigenvalue weighted by molar-refractivity contribution is 0.575. The van der Waals surface area contributed by atoms with Crippen molar-refractivity contribution < 1.29 is 0 Å². The summed E-state index contributed by atoms with van der Waals surface area (Å²) in [5.74, 6) is 0.495. The quantitative estimate of drug-likeness (QED) is 0.634. The van der Waals surface area contributed by atoms with E-state index in [9.17, 15) is 0 Å². The number of thioether (sulfide) groups is 1. The molecule has 3 rings (SSSR count). The maximum atomic E-state index is 3.51. The highest BCUT2D eigenvalue weighted by Crippen LogP contribution is 2.48. The van der Waals surface area contributed by atoms with E-state index >= 15 is 0 Å². The smallest absolute Gasteiger partial charge is 0.0430 e. The van der Waals surface area contributed by atoms with Crippen LogP contribution >= 0.6 is 27.7 Å². The molecule has 0 nitrogen and oxygen atoms in total. The van der Waals surface area contributed by atoms with Crippen LogP contribution in [-0.2, 0) is 4.75 Å².